The summed E-state index contributed by atoms with van der Waals surface area (Å²) in [5.74, 6) is 1.02. The smallest absolute Gasteiger partial charge is 0.221 e. The van der Waals surface area contributed by atoms with Crippen molar-refractivity contribution >= 4 is 11.6 Å². The van der Waals surface area contributed by atoms with Crippen LogP contribution in [0.15, 0.2) is 24.3 Å². The zero-order valence-electron chi connectivity index (χ0n) is 16.5. The third kappa shape index (κ3) is 3.93. The van der Waals surface area contributed by atoms with E-state index in [0.29, 0.717) is 28.3 Å². The molecule has 1 amide bonds. The second-order valence-corrected chi connectivity index (χ2v) is 7.39. The van der Waals surface area contributed by atoms with Gasteiger partial charge in [-0.1, -0.05) is 26.8 Å². The SMILES string of the molecule is COc1cc(NC(C)=O)c(-c2cc(C)cc(C(C)(C)C)c2O)cc1OC. The molecule has 5 heteroatoms. The number of phenolic OH excluding ortho intramolecular Hbond substituents is 1. The van der Waals surface area contributed by atoms with Crippen molar-refractivity contribution in [3.8, 4) is 28.4 Å². The van der Waals surface area contributed by atoms with Crippen molar-refractivity contribution in [2.45, 2.75) is 40.0 Å². The molecule has 0 aliphatic carbocycles. The predicted octanol–water partition coefficient (Wildman–Crippen LogP) is 4.64. The van der Waals surface area contributed by atoms with Crippen molar-refractivity contribution in [2.24, 2.45) is 0 Å². The van der Waals surface area contributed by atoms with Crippen LogP contribution in [0.4, 0.5) is 5.69 Å². The van der Waals surface area contributed by atoms with Gasteiger partial charge in [-0.2, -0.15) is 0 Å². The molecule has 0 aliphatic rings. The van der Waals surface area contributed by atoms with Gasteiger partial charge in [0, 0.05) is 29.7 Å². The molecule has 26 heavy (non-hydrogen) atoms. The van der Waals surface area contributed by atoms with Crippen LogP contribution in [-0.4, -0.2) is 25.2 Å². The van der Waals surface area contributed by atoms with Crippen LogP contribution in [0.3, 0.4) is 0 Å². The minimum Gasteiger partial charge on any atom is -0.507 e. The van der Waals surface area contributed by atoms with Gasteiger partial charge in [-0.05, 0) is 30.0 Å². The number of aryl methyl sites for hydroxylation is 1. The van der Waals surface area contributed by atoms with Crippen molar-refractivity contribution < 1.29 is 19.4 Å². The minimum absolute atomic E-state index is 0.196. The molecule has 0 saturated carbocycles. The summed E-state index contributed by atoms with van der Waals surface area (Å²) >= 11 is 0. The summed E-state index contributed by atoms with van der Waals surface area (Å²) in [6.07, 6.45) is 0. The molecule has 0 fully saturated rings. The van der Waals surface area contributed by atoms with Crippen molar-refractivity contribution in [1.82, 2.24) is 0 Å². The van der Waals surface area contributed by atoms with Gasteiger partial charge in [-0.3, -0.25) is 4.79 Å². The van der Waals surface area contributed by atoms with Gasteiger partial charge in [-0.15, -0.1) is 0 Å². The van der Waals surface area contributed by atoms with Crippen LogP contribution in [-0.2, 0) is 10.2 Å². The topological polar surface area (TPSA) is 67.8 Å². The lowest BCUT2D eigenvalue weighted by Gasteiger charge is -2.24. The molecule has 140 valence electrons. The Balaban J connectivity index is 2.82. The standard InChI is InChI=1S/C21H27NO4/c1-12-8-15(20(24)16(9-12)21(3,4)5)14-10-18(25-6)19(26-7)11-17(14)22-13(2)23/h8-11,24H,1-7H3,(H,22,23). The van der Waals surface area contributed by atoms with E-state index in [9.17, 15) is 9.90 Å². The number of anilines is 1. The lowest BCUT2D eigenvalue weighted by molar-refractivity contribution is -0.114. The number of methoxy groups -OCH3 is 2. The lowest BCUT2D eigenvalue weighted by atomic mass is 9.83. The summed E-state index contributed by atoms with van der Waals surface area (Å²) in [5, 5.41) is 13.8. The van der Waals surface area contributed by atoms with Gasteiger partial charge in [0.1, 0.15) is 5.75 Å². The van der Waals surface area contributed by atoms with E-state index < -0.39 is 0 Å². The second kappa shape index (κ2) is 7.28. The van der Waals surface area contributed by atoms with Crippen molar-refractivity contribution in [1.29, 1.82) is 0 Å². The summed E-state index contributed by atoms with van der Waals surface area (Å²) in [6.45, 7) is 9.58. The first-order valence-corrected chi connectivity index (χ1v) is 8.46. The Morgan fingerprint density at radius 1 is 1.00 bits per heavy atom. The third-order valence-electron chi connectivity index (χ3n) is 4.19. The third-order valence-corrected chi connectivity index (χ3v) is 4.19. The Labute approximate surface area is 155 Å². The highest BCUT2D eigenvalue weighted by Gasteiger charge is 2.23. The Morgan fingerprint density at radius 2 is 1.58 bits per heavy atom. The van der Waals surface area contributed by atoms with Crippen LogP contribution < -0.4 is 14.8 Å². The zero-order valence-corrected chi connectivity index (χ0v) is 16.5. The van der Waals surface area contributed by atoms with Gasteiger partial charge in [0.15, 0.2) is 11.5 Å². The highest BCUT2D eigenvalue weighted by Crippen LogP contribution is 2.45. The molecule has 2 aromatic carbocycles. The Bertz CT molecular complexity index is 835. The maximum Gasteiger partial charge on any atom is 0.221 e. The number of amides is 1. The molecule has 2 N–H and O–H groups in total. The molecule has 0 spiro atoms. The van der Waals surface area contributed by atoms with E-state index in [1.54, 1.807) is 19.2 Å². The van der Waals surface area contributed by atoms with Crippen molar-refractivity contribution in [3.63, 3.8) is 0 Å². The first-order chi connectivity index (χ1) is 12.1. The van der Waals surface area contributed by atoms with Gasteiger partial charge in [-0.25, -0.2) is 0 Å². The van der Waals surface area contributed by atoms with E-state index in [1.165, 1.54) is 14.0 Å². The number of aromatic hydroxyl groups is 1. The number of carbonyl (C=O) groups is 1. The Hall–Kier alpha value is -2.69. The van der Waals surface area contributed by atoms with E-state index in [1.807, 2.05) is 19.1 Å². The molecule has 0 saturated heterocycles. The minimum atomic E-state index is -0.227. The zero-order chi connectivity index (χ0) is 19.6. The molecule has 5 nitrogen and oxygen atoms in total. The molecule has 2 aromatic rings. The Kier molecular flexibility index (Phi) is 5.50. The summed E-state index contributed by atoms with van der Waals surface area (Å²) in [4.78, 5) is 11.7. The normalized spacial score (nSPS) is 11.2. The van der Waals surface area contributed by atoms with Crippen LogP contribution in [0.5, 0.6) is 17.2 Å². The largest absolute Gasteiger partial charge is 0.507 e. The fourth-order valence-electron chi connectivity index (χ4n) is 2.95. The Morgan fingerprint density at radius 3 is 2.08 bits per heavy atom. The molecule has 2 rings (SSSR count). The maximum atomic E-state index is 11.7. The second-order valence-electron chi connectivity index (χ2n) is 7.39. The number of hydrogen-bond donors (Lipinski definition) is 2. The quantitative estimate of drug-likeness (QED) is 0.836. The number of ether oxygens (including phenoxy) is 2. The number of benzene rings is 2. The van der Waals surface area contributed by atoms with Crippen LogP contribution in [0, 0.1) is 6.92 Å². The summed E-state index contributed by atoms with van der Waals surface area (Å²) in [5.41, 5.74) is 3.50. The summed E-state index contributed by atoms with van der Waals surface area (Å²) < 4.78 is 10.7. The van der Waals surface area contributed by atoms with Gasteiger partial charge in [0.2, 0.25) is 5.91 Å². The van der Waals surface area contributed by atoms with Gasteiger partial charge in [0.25, 0.3) is 0 Å². The van der Waals surface area contributed by atoms with E-state index in [4.69, 9.17) is 9.47 Å². The van der Waals surface area contributed by atoms with Gasteiger partial charge < -0.3 is 19.9 Å². The predicted molar refractivity (Wildman–Crippen MR) is 104 cm³/mol. The maximum absolute atomic E-state index is 11.7. The van der Waals surface area contributed by atoms with Gasteiger partial charge in [0.05, 0.1) is 19.9 Å². The van der Waals surface area contributed by atoms with E-state index in [2.05, 4.69) is 26.1 Å². The fraction of sp³-hybridized carbons (Fsp3) is 0.381. The fourth-order valence-corrected chi connectivity index (χ4v) is 2.95. The lowest BCUT2D eigenvalue weighted by Crippen LogP contribution is -2.12. The summed E-state index contributed by atoms with van der Waals surface area (Å²) in [6, 6.07) is 7.36. The molecule has 0 bridgehead atoms. The monoisotopic (exact) mass is 357 g/mol. The van der Waals surface area contributed by atoms with Gasteiger partial charge >= 0.3 is 0 Å². The average Bonchev–Trinajstić information content (AvgIpc) is 2.54. The van der Waals surface area contributed by atoms with E-state index >= 15 is 0 Å². The highest BCUT2D eigenvalue weighted by atomic mass is 16.5. The van der Waals surface area contributed by atoms with Crippen LogP contribution in [0.2, 0.25) is 0 Å². The number of carbonyl (C=O) groups excluding carboxylic acids is 1. The van der Waals surface area contributed by atoms with Crippen LogP contribution in [0.25, 0.3) is 11.1 Å². The molecule has 0 unspecified atom stereocenters. The van der Waals surface area contributed by atoms with Crippen molar-refractivity contribution in [3.05, 3.63) is 35.4 Å². The van der Waals surface area contributed by atoms with E-state index in [0.717, 1.165) is 11.1 Å². The molecule has 0 atom stereocenters. The average molecular weight is 357 g/mol. The van der Waals surface area contributed by atoms with Crippen LogP contribution >= 0.6 is 0 Å². The van der Waals surface area contributed by atoms with Crippen molar-refractivity contribution in [2.75, 3.05) is 19.5 Å². The number of rotatable bonds is 4. The molecule has 0 aromatic heterocycles. The first kappa shape index (κ1) is 19.6. The molecular weight excluding hydrogens is 330 g/mol. The number of hydrogen-bond acceptors (Lipinski definition) is 4. The molecule has 0 radical (unpaired) electrons. The van der Waals surface area contributed by atoms with E-state index in [-0.39, 0.29) is 17.1 Å². The highest BCUT2D eigenvalue weighted by molar-refractivity contribution is 5.96. The molecular formula is C21H27NO4. The molecule has 0 aliphatic heterocycles. The van der Waals surface area contributed by atoms with Crippen LogP contribution in [0.1, 0.15) is 38.8 Å². The number of phenols is 1. The summed E-state index contributed by atoms with van der Waals surface area (Å²) in [7, 11) is 3.09. The molecule has 0 heterocycles. The number of nitrogens with one attached hydrogen (secondary N) is 1. The first-order valence-electron chi connectivity index (χ1n) is 8.46.